The zero-order valence-corrected chi connectivity index (χ0v) is 11.8. The Balaban J connectivity index is 1.90. The largest absolute Gasteiger partial charge is 0.388 e. The van der Waals surface area contributed by atoms with Crippen LogP contribution in [0.25, 0.3) is 0 Å². The molecule has 0 aliphatic carbocycles. The molecule has 3 heteroatoms. The van der Waals surface area contributed by atoms with Crippen LogP contribution >= 0.6 is 0 Å². The van der Waals surface area contributed by atoms with Crippen molar-refractivity contribution in [3.05, 3.63) is 35.4 Å². The van der Waals surface area contributed by atoms with Crippen molar-refractivity contribution in [1.29, 1.82) is 0 Å². The summed E-state index contributed by atoms with van der Waals surface area (Å²) in [5.74, 6) is 0. The third-order valence-corrected chi connectivity index (χ3v) is 4.81. The van der Waals surface area contributed by atoms with Crippen molar-refractivity contribution >= 4 is 0 Å². The summed E-state index contributed by atoms with van der Waals surface area (Å²) in [7, 11) is 0. The fourth-order valence-electron chi connectivity index (χ4n) is 3.51. The van der Waals surface area contributed by atoms with E-state index in [2.05, 4.69) is 43.4 Å². The fourth-order valence-corrected chi connectivity index (χ4v) is 3.51. The van der Waals surface area contributed by atoms with E-state index in [4.69, 9.17) is 4.74 Å². The van der Waals surface area contributed by atoms with Crippen molar-refractivity contribution < 1.29 is 9.84 Å². The number of rotatable bonds is 2. The first-order valence-electron chi connectivity index (χ1n) is 7.24. The van der Waals surface area contributed by atoms with E-state index in [0.29, 0.717) is 19.4 Å². The maximum Gasteiger partial charge on any atom is 0.0890 e. The summed E-state index contributed by atoms with van der Waals surface area (Å²) in [4.78, 5) is 0. The van der Waals surface area contributed by atoms with Gasteiger partial charge in [0.2, 0.25) is 0 Å². The van der Waals surface area contributed by atoms with Gasteiger partial charge in [-0.3, -0.25) is 0 Å². The summed E-state index contributed by atoms with van der Waals surface area (Å²) in [5.41, 5.74) is 1.66. The lowest BCUT2D eigenvalue weighted by atomic mass is 9.75. The minimum absolute atomic E-state index is 0.0403. The van der Waals surface area contributed by atoms with Crippen LogP contribution < -0.4 is 5.32 Å². The fraction of sp³-hybridized carbons (Fsp3) is 0.625. The molecule has 3 nitrogen and oxygen atoms in total. The van der Waals surface area contributed by atoms with Gasteiger partial charge in [-0.25, -0.2) is 0 Å². The summed E-state index contributed by atoms with van der Waals surface area (Å²) in [6.07, 6.45) is 2.33. The van der Waals surface area contributed by atoms with Crippen molar-refractivity contribution in [2.45, 2.75) is 56.9 Å². The molecule has 0 amide bonds. The van der Waals surface area contributed by atoms with E-state index >= 15 is 0 Å². The molecule has 19 heavy (non-hydrogen) atoms. The molecule has 3 atom stereocenters. The van der Waals surface area contributed by atoms with Crippen molar-refractivity contribution in [2.24, 2.45) is 0 Å². The van der Waals surface area contributed by atoms with Gasteiger partial charge in [0.25, 0.3) is 0 Å². The number of aliphatic hydroxyl groups is 1. The lowest BCUT2D eigenvalue weighted by molar-refractivity contribution is -0.165. The van der Waals surface area contributed by atoms with E-state index in [0.717, 1.165) is 13.0 Å². The van der Waals surface area contributed by atoms with Crippen LogP contribution in [0, 0.1) is 0 Å². The monoisotopic (exact) mass is 261 g/mol. The van der Waals surface area contributed by atoms with Gasteiger partial charge < -0.3 is 15.2 Å². The number of hydrogen-bond acceptors (Lipinski definition) is 3. The highest BCUT2D eigenvalue weighted by atomic mass is 16.5. The molecule has 0 radical (unpaired) electrons. The molecule has 2 heterocycles. The van der Waals surface area contributed by atoms with Crippen LogP contribution in [0.3, 0.4) is 0 Å². The topological polar surface area (TPSA) is 41.5 Å². The average Bonchev–Trinajstić information content (AvgIpc) is 2.83. The number of fused-ring (bicyclic) bond motifs is 1. The third kappa shape index (κ3) is 2.20. The van der Waals surface area contributed by atoms with Gasteiger partial charge in [-0.05, 0) is 24.5 Å². The van der Waals surface area contributed by atoms with E-state index in [9.17, 15) is 5.11 Å². The molecule has 104 valence electrons. The molecule has 3 rings (SSSR count). The molecule has 0 saturated carbocycles. The molecule has 1 fully saturated rings. The molecule has 1 aromatic carbocycles. The zero-order chi connectivity index (χ0) is 13.5. The SMILES string of the molecule is CCC1(C)CC(O)(C2NCc3ccccc32)CCO1. The van der Waals surface area contributed by atoms with Gasteiger partial charge in [-0.2, -0.15) is 0 Å². The van der Waals surface area contributed by atoms with Gasteiger partial charge in [0.1, 0.15) is 0 Å². The number of ether oxygens (including phenoxy) is 1. The van der Waals surface area contributed by atoms with Crippen LogP contribution in [0.4, 0.5) is 0 Å². The Labute approximate surface area is 115 Å². The number of benzene rings is 1. The molecular weight excluding hydrogens is 238 g/mol. The highest BCUT2D eigenvalue weighted by Crippen LogP contribution is 2.44. The van der Waals surface area contributed by atoms with Crippen LogP contribution in [0.2, 0.25) is 0 Å². The molecule has 1 aromatic rings. The molecular formula is C16H23NO2. The average molecular weight is 261 g/mol. The van der Waals surface area contributed by atoms with Crippen LogP contribution in [0.5, 0.6) is 0 Å². The predicted molar refractivity (Wildman–Crippen MR) is 74.9 cm³/mol. The van der Waals surface area contributed by atoms with Gasteiger partial charge >= 0.3 is 0 Å². The van der Waals surface area contributed by atoms with Gasteiger partial charge in [-0.1, -0.05) is 31.2 Å². The Kier molecular flexibility index (Phi) is 3.16. The zero-order valence-electron chi connectivity index (χ0n) is 11.8. The number of hydrogen-bond donors (Lipinski definition) is 2. The normalized spacial score (nSPS) is 38.2. The molecule has 0 bridgehead atoms. The smallest absolute Gasteiger partial charge is 0.0890 e. The van der Waals surface area contributed by atoms with E-state index in [1.165, 1.54) is 11.1 Å². The summed E-state index contributed by atoms with van der Waals surface area (Å²) < 4.78 is 5.87. The van der Waals surface area contributed by atoms with Gasteiger partial charge in [0, 0.05) is 19.4 Å². The minimum Gasteiger partial charge on any atom is -0.388 e. The highest BCUT2D eigenvalue weighted by Gasteiger charge is 2.48. The van der Waals surface area contributed by atoms with Crippen molar-refractivity contribution in [3.63, 3.8) is 0 Å². The second kappa shape index (κ2) is 4.58. The van der Waals surface area contributed by atoms with E-state index in [-0.39, 0.29) is 11.6 Å². The first kappa shape index (κ1) is 13.1. The van der Waals surface area contributed by atoms with Gasteiger partial charge in [-0.15, -0.1) is 0 Å². The van der Waals surface area contributed by atoms with Crippen molar-refractivity contribution in [3.8, 4) is 0 Å². The predicted octanol–water partition coefficient (Wildman–Crippen LogP) is 2.54. The summed E-state index contributed by atoms with van der Waals surface area (Å²) >= 11 is 0. The lowest BCUT2D eigenvalue weighted by Crippen LogP contribution is -2.52. The minimum atomic E-state index is -0.699. The standard InChI is InChI=1S/C16H23NO2/c1-3-15(2)11-16(18,8-9-19-15)14-13-7-5-4-6-12(13)10-17-14/h4-7,14,17-18H,3,8-11H2,1-2H3. The molecule has 0 aromatic heterocycles. The Morgan fingerprint density at radius 2 is 2.21 bits per heavy atom. The maximum absolute atomic E-state index is 11.1. The van der Waals surface area contributed by atoms with Crippen LogP contribution in [-0.2, 0) is 11.3 Å². The molecule has 2 aliphatic rings. The molecule has 0 spiro atoms. The molecule has 1 saturated heterocycles. The summed E-state index contributed by atoms with van der Waals surface area (Å²) in [6, 6.07) is 8.44. The van der Waals surface area contributed by atoms with Crippen LogP contribution in [0.15, 0.2) is 24.3 Å². The third-order valence-electron chi connectivity index (χ3n) is 4.81. The number of nitrogens with one attached hydrogen (secondary N) is 1. The first-order chi connectivity index (χ1) is 9.06. The maximum atomic E-state index is 11.1. The Morgan fingerprint density at radius 1 is 1.42 bits per heavy atom. The van der Waals surface area contributed by atoms with E-state index < -0.39 is 5.60 Å². The van der Waals surface area contributed by atoms with Crippen LogP contribution in [-0.4, -0.2) is 22.9 Å². The summed E-state index contributed by atoms with van der Waals surface area (Å²) in [6.45, 7) is 5.73. The Hall–Kier alpha value is -0.900. The second-order valence-electron chi connectivity index (χ2n) is 6.20. The Bertz CT molecular complexity index is 476. The van der Waals surface area contributed by atoms with Gasteiger partial charge in [0.05, 0.1) is 23.9 Å². The first-order valence-corrected chi connectivity index (χ1v) is 7.24. The van der Waals surface area contributed by atoms with E-state index in [1.807, 2.05) is 0 Å². The highest BCUT2D eigenvalue weighted by molar-refractivity contribution is 5.36. The lowest BCUT2D eigenvalue weighted by Gasteiger charge is -2.46. The van der Waals surface area contributed by atoms with Crippen molar-refractivity contribution in [1.82, 2.24) is 5.32 Å². The molecule has 3 unspecified atom stereocenters. The van der Waals surface area contributed by atoms with Gasteiger partial charge in [0.15, 0.2) is 0 Å². The second-order valence-corrected chi connectivity index (χ2v) is 6.20. The quantitative estimate of drug-likeness (QED) is 0.859. The van der Waals surface area contributed by atoms with E-state index in [1.54, 1.807) is 0 Å². The molecule has 2 aliphatic heterocycles. The Morgan fingerprint density at radius 3 is 3.00 bits per heavy atom. The summed E-state index contributed by atoms with van der Waals surface area (Å²) in [5, 5.41) is 14.6. The van der Waals surface area contributed by atoms with Crippen molar-refractivity contribution in [2.75, 3.05) is 6.61 Å². The molecule has 2 N–H and O–H groups in total. The van der Waals surface area contributed by atoms with Crippen LogP contribution in [0.1, 0.15) is 50.3 Å².